The van der Waals surface area contributed by atoms with Crippen LogP contribution in [0.25, 0.3) is 71.5 Å². The van der Waals surface area contributed by atoms with Crippen LogP contribution in [-0.2, 0) is 5.41 Å². The van der Waals surface area contributed by atoms with Crippen molar-refractivity contribution in [3.63, 3.8) is 0 Å². The van der Waals surface area contributed by atoms with E-state index in [1.54, 1.807) is 0 Å². The van der Waals surface area contributed by atoms with Gasteiger partial charge in [-0.1, -0.05) is 206 Å². The molecule has 0 saturated heterocycles. The van der Waals surface area contributed by atoms with Crippen LogP contribution in [0.2, 0.25) is 0 Å². The Kier molecular flexibility index (Phi) is 8.47. The van der Waals surface area contributed by atoms with Crippen LogP contribution in [0.4, 0.5) is 17.1 Å². The first kappa shape index (κ1) is 37.1. The molecule has 2 heterocycles. The highest BCUT2D eigenvalue weighted by atomic mass is 15.1. The normalized spacial score (nSPS) is 12.7. The minimum absolute atomic E-state index is 0.497. The van der Waals surface area contributed by atoms with Gasteiger partial charge >= 0.3 is 0 Å². The van der Waals surface area contributed by atoms with Gasteiger partial charge in [0.1, 0.15) is 0 Å². The Bertz CT molecular complexity index is 3700. The van der Waals surface area contributed by atoms with E-state index < -0.39 is 5.41 Å². The number of nitrogens with zero attached hydrogens (tertiary/aromatic N) is 2. The maximum atomic E-state index is 2.50. The van der Waals surface area contributed by atoms with Gasteiger partial charge in [-0.15, -0.1) is 0 Å². The van der Waals surface area contributed by atoms with Crippen LogP contribution in [0.1, 0.15) is 22.3 Å². The zero-order chi connectivity index (χ0) is 42.9. The molecule has 1 aliphatic rings. The average molecular weight is 827 g/mol. The maximum absolute atomic E-state index is 2.50. The summed E-state index contributed by atoms with van der Waals surface area (Å²) in [4.78, 5) is 2.41. The lowest BCUT2D eigenvalue weighted by molar-refractivity contribution is 0.768. The number of aromatic nitrogens is 1. The van der Waals surface area contributed by atoms with Crippen molar-refractivity contribution >= 4 is 55.2 Å². The molecule has 0 unspecified atom stereocenters. The van der Waals surface area contributed by atoms with E-state index in [-0.39, 0.29) is 0 Å². The van der Waals surface area contributed by atoms with E-state index in [1.807, 2.05) is 0 Å². The van der Waals surface area contributed by atoms with Crippen LogP contribution in [0.5, 0.6) is 0 Å². The fourth-order valence-corrected chi connectivity index (χ4v) is 11.2. The fourth-order valence-electron chi connectivity index (χ4n) is 11.2. The van der Waals surface area contributed by atoms with Gasteiger partial charge in [0.2, 0.25) is 0 Å². The molecule has 0 bridgehead atoms. The summed E-state index contributed by atoms with van der Waals surface area (Å²) in [5.74, 6) is 0. The first-order valence-electron chi connectivity index (χ1n) is 22.5. The molecule has 0 aliphatic heterocycles. The van der Waals surface area contributed by atoms with Gasteiger partial charge in [0.15, 0.2) is 0 Å². The molecule has 65 heavy (non-hydrogen) atoms. The van der Waals surface area contributed by atoms with Gasteiger partial charge < -0.3 is 9.30 Å². The van der Waals surface area contributed by atoms with Gasteiger partial charge in [-0.3, -0.25) is 0 Å². The molecule has 0 fully saturated rings. The number of pyridine rings is 1. The van der Waals surface area contributed by atoms with Gasteiger partial charge in [0.25, 0.3) is 0 Å². The molecule has 0 atom stereocenters. The molecular weight excluding hydrogens is 785 g/mol. The average Bonchev–Trinajstić information content (AvgIpc) is 3.89. The van der Waals surface area contributed by atoms with Gasteiger partial charge in [0.05, 0.1) is 22.0 Å². The summed E-state index contributed by atoms with van der Waals surface area (Å²) in [5.41, 5.74) is 19.0. The van der Waals surface area contributed by atoms with Crippen LogP contribution >= 0.6 is 0 Å². The molecule has 2 nitrogen and oxygen atoms in total. The summed E-state index contributed by atoms with van der Waals surface area (Å²) < 4.78 is 2.50. The monoisotopic (exact) mass is 826 g/mol. The van der Waals surface area contributed by atoms with Crippen molar-refractivity contribution in [2.24, 2.45) is 0 Å². The standard InChI is InChI=1S/C63H42N2/c1-5-20-44(21-6-1)60-55-30-15-18-35-59(55)65-58-34-17-14-29-53(58)54-32-19-31-50(61(54)62(60)65)43-36-38-48(39-37-43)64(47-26-11-4-12-27-47)49-40-41-52-51-28-13-16-33-56(51)63(57(52)42-49,45-22-7-2-8-23-45)46-24-9-3-10-25-46/h1-42H. The maximum Gasteiger partial charge on any atom is 0.0714 e. The molecule has 0 saturated carbocycles. The Morgan fingerprint density at radius 3 is 1.54 bits per heavy atom. The van der Waals surface area contributed by atoms with Crippen LogP contribution < -0.4 is 4.90 Å². The minimum atomic E-state index is -0.497. The number of benzene rings is 10. The highest BCUT2D eigenvalue weighted by Crippen LogP contribution is 2.57. The second-order valence-electron chi connectivity index (χ2n) is 17.2. The Balaban J connectivity index is 1.02. The summed E-state index contributed by atoms with van der Waals surface area (Å²) in [6.45, 7) is 0. The highest BCUT2D eigenvalue weighted by Gasteiger charge is 2.46. The molecular formula is C63H42N2. The number of rotatable bonds is 7. The minimum Gasteiger partial charge on any atom is -0.310 e. The molecule has 12 aromatic rings. The number of para-hydroxylation sites is 3. The summed E-state index contributed by atoms with van der Waals surface area (Å²) in [6.07, 6.45) is 0. The number of hydrogen-bond acceptors (Lipinski definition) is 1. The van der Waals surface area contributed by atoms with Crippen LogP contribution in [-0.4, -0.2) is 4.40 Å². The topological polar surface area (TPSA) is 7.65 Å². The van der Waals surface area contributed by atoms with Crippen molar-refractivity contribution in [3.8, 4) is 33.4 Å². The second-order valence-corrected chi connectivity index (χ2v) is 17.2. The Morgan fingerprint density at radius 1 is 0.323 bits per heavy atom. The SMILES string of the molecule is c1ccc(-c2c3ccccc3n3c4ccccc4c4cccc(-c5ccc(N(c6ccccc6)c6ccc7c(c6)C(c6ccccc6)(c6ccccc6)c6ccccc6-7)cc5)c4c23)cc1. The molecule has 2 aromatic heterocycles. The van der Waals surface area contributed by atoms with Gasteiger partial charge in [0, 0.05) is 38.8 Å². The van der Waals surface area contributed by atoms with Crippen molar-refractivity contribution < 1.29 is 0 Å². The third-order valence-electron chi connectivity index (χ3n) is 13.8. The highest BCUT2D eigenvalue weighted by molar-refractivity contribution is 6.25. The Morgan fingerprint density at radius 2 is 0.831 bits per heavy atom. The van der Waals surface area contributed by atoms with E-state index in [1.165, 1.54) is 93.7 Å². The molecule has 0 radical (unpaired) electrons. The predicted molar refractivity (Wildman–Crippen MR) is 273 cm³/mol. The molecule has 0 N–H and O–H groups in total. The van der Waals surface area contributed by atoms with Crippen molar-refractivity contribution in [1.29, 1.82) is 0 Å². The molecule has 2 heteroatoms. The predicted octanol–water partition coefficient (Wildman–Crippen LogP) is 16.6. The largest absolute Gasteiger partial charge is 0.310 e. The van der Waals surface area contributed by atoms with Crippen molar-refractivity contribution in [1.82, 2.24) is 4.40 Å². The summed E-state index contributed by atoms with van der Waals surface area (Å²) in [6, 6.07) is 93.7. The first-order valence-corrected chi connectivity index (χ1v) is 22.5. The summed E-state index contributed by atoms with van der Waals surface area (Å²) >= 11 is 0. The molecule has 304 valence electrons. The fraction of sp³-hybridized carbons (Fsp3) is 0.0159. The van der Waals surface area contributed by atoms with Crippen LogP contribution in [0, 0.1) is 0 Å². The zero-order valence-electron chi connectivity index (χ0n) is 35.6. The molecule has 0 amide bonds. The third kappa shape index (κ3) is 5.54. The number of fused-ring (bicyclic) bond motifs is 11. The molecule has 0 spiro atoms. The molecule has 10 aromatic carbocycles. The van der Waals surface area contributed by atoms with E-state index >= 15 is 0 Å². The number of anilines is 3. The van der Waals surface area contributed by atoms with Crippen molar-refractivity contribution in [2.75, 3.05) is 4.90 Å². The lowest BCUT2D eigenvalue weighted by Gasteiger charge is -2.35. The zero-order valence-corrected chi connectivity index (χ0v) is 35.6. The van der Waals surface area contributed by atoms with Crippen LogP contribution in [0.3, 0.4) is 0 Å². The summed E-state index contributed by atoms with van der Waals surface area (Å²) in [5, 5.41) is 5.00. The first-order chi connectivity index (χ1) is 32.3. The molecule has 13 rings (SSSR count). The van der Waals surface area contributed by atoms with Gasteiger partial charge in [-0.05, 0) is 104 Å². The van der Waals surface area contributed by atoms with E-state index in [0.717, 1.165) is 17.1 Å². The Hall–Kier alpha value is -8.46. The summed E-state index contributed by atoms with van der Waals surface area (Å²) in [7, 11) is 0. The lowest BCUT2D eigenvalue weighted by atomic mass is 9.67. The van der Waals surface area contributed by atoms with Crippen molar-refractivity contribution in [3.05, 3.63) is 277 Å². The second kappa shape index (κ2) is 14.8. The van der Waals surface area contributed by atoms with E-state index in [4.69, 9.17) is 0 Å². The quantitative estimate of drug-likeness (QED) is 0.145. The third-order valence-corrected chi connectivity index (χ3v) is 13.8. The van der Waals surface area contributed by atoms with Crippen molar-refractivity contribution in [2.45, 2.75) is 5.41 Å². The van der Waals surface area contributed by atoms with E-state index in [0.29, 0.717) is 0 Å². The molecule has 1 aliphatic carbocycles. The van der Waals surface area contributed by atoms with Gasteiger partial charge in [-0.2, -0.15) is 0 Å². The number of hydrogen-bond donors (Lipinski definition) is 0. The van der Waals surface area contributed by atoms with E-state index in [9.17, 15) is 0 Å². The lowest BCUT2D eigenvalue weighted by Crippen LogP contribution is -2.28. The van der Waals surface area contributed by atoms with E-state index in [2.05, 4.69) is 264 Å². The van der Waals surface area contributed by atoms with Crippen LogP contribution in [0.15, 0.2) is 255 Å². The smallest absolute Gasteiger partial charge is 0.0714 e. The Labute approximate surface area is 378 Å². The van der Waals surface area contributed by atoms with Gasteiger partial charge in [-0.25, -0.2) is 0 Å².